The van der Waals surface area contributed by atoms with E-state index in [9.17, 15) is 9.59 Å². The predicted molar refractivity (Wildman–Crippen MR) is 55.6 cm³/mol. The van der Waals surface area contributed by atoms with Crippen LogP contribution in [0.25, 0.3) is 0 Å². The van der Waals surface area contributed by atoms with Crippen molar-refractivity contribution >= 4 is 11.8 Å². The summed E-state index contributed by atoms with van der Waals surface area (Å²) in [6.45, 7) is -0.359. The molecule has 3 N–H and O–H groups in total. The molecule has 0 saturated heterocycles. The van der Waals surface area contributed by atoms with Crippen molar-refractivity contribution in [2.45, 2.75) is 0 Å². The van der Waals surface area contributed by atoms with Gasteiger partial charge in [0.15, 0.2) is 6.61 Å². The van der Waals surface area contributed by atoms with Crippen molar-refractivity contribution in [2.24, 2.45) is 5.73 Å². The van der Waals surface area contributed by atoms with Gasteiger partial charge in [0.2, 0.25) is 5.91 Å². The molecule has 6 heteroatoms. The summed E-state index contributed by atoms with van der Waals surface area (Å²) in [7, 11) is 1.53. The highest BCUT2D eigenvalue weighted by Crippen LogP contribution is 2.10. The molecule has 0 aliphatic carbocycles. The Morgan fingerprint density at radius 3 is 2.44 bits per heavy atom. The van der Waals surface area contributed by atoms with Crippen molar-refractivity contribution in [1.29, 1.82) is 0 Å². The minimum absolute atomic E-state index is 0.359. The zero-order chi connectivity index (χ0) is 12.0. The Morgan fingerprint density at radius 2 is 1.94 bits per heavy atom. The third-order valence-corrected chi connectivity index (χ3v) is 1.73. The molecule has 0 fully saturated rings. The van der Waals surface area contributed by atoms with Gasteiger partial charge >= 0.3 is 0 Å². The minimum Gasteiger partial charge on any atom is -0.497 e. The molecule has 1 aromatic carbocycles. The number of hydroxylamine groups is 1. The Balaban J connectivity index is 2.49. The molecule has 6 nitrogen and oxygen atoms in total. The van der Waals surface area contributed by atoms with Crippen molar-refractivity contribution in [2.75, 3.05) is 13.7 Å². The Hall–Kier alpha value is -2.08. The van der Waals surface area contributed by atoms with Crippen molar-refractivity contribution < 1.29 is 19.2 Å². The average molecular weight is 224 g/mol. The lowest BCUT2D eigenvalue weighted by Crippen LogP contribution is -2.29. The lowest BCUT2D eigenvalue weighted by atomic mass is 10.2. The normalized spacial score (nSPS) is 9.56. The summed E-state index contributed by atoms with van der Waals surface area (Å²) in [6.07, 6.45) is 0. The van der Waals surface area contributed by atoms with Crippen LogP contribution in [-0.4, -0.2) is 25.5 Å². The molecule has 0 heterocycles. The van der Waals surface area contributed by atoms with Crippen LogP contribution in [0.2, 0.25) is 0 Å². The van der Waals surface area contributed by atoms with Crippen LogP contribution in [0.1, 0.15) is 10.4 Å². The van der Waals surface area contributed by atoms with Gasteiger partial charge in [-0.3, -0.25) is 14.4 Å². The smallest absolute Gasteiger partial charge is 0.274 e. The van der Waals surface area contributed by atoms with Gasteiger partial charge in [-0.15, -0.1) is 0 Å². The molecule has 0 aromatic heterocycles. The first-order chi connectivity index (χ1) is 7.63. The number of ether oxygens (including phenoxy) is 1. The van der Waals surface area contributed by atoms with Gasteiger partial charge in [0, 0.05) is 5.56 Å². The molecule has 0 aliphatic heterocycles. The van der Waals surface area contributed by atoms with E-state index in [2.05, 4.69) is 10.3 Å². The van der Waals surface area contributed by atoms with Crippen molar-refractivity contribution in [3.8, 4) is 5.75 Å². The van der Waals surface area contributed by atoms with Gasteiger partial charge in [0.05, 0.1) is 7.11 Å². The van der Waals surface area contributed by atoms with E-state index in [1.165, 1.54) is 7.11 Å². The van der Waals surface area contributed by atoms with E-state index in [0.29, 0.717) is 11.3 Å². The van der Waals surface area contributed by atoms with Gasteiger partial charge in [-0.25, -0.2) is 5.48 Å². The molecule has 0 radical (unpaired) electrons. The lowest BCUT2D eigenvalue weighted by Gasteiger charge is -2.04. The molecule has 1 aromatic rings. The van der Waals surface area contributed by atoms with Crippen LogP contribution in [0.3, 0.4) is 0 Å². The lowest BCUT2D eigenvalue weighted by molar-refractivity contribution is -0.124. The van der Waals surface area contributed by atoms with Gasteiger partial charge in [-0.1, -0.05) is 0 Å². The fourth-order valence-corrected chi connectivity index (χ4v) is 0.974. The van der Waals surface area contributed by atoms with Crippen molar-refractivity contribution in [3.05, 3.63) is 29.8 Å². The first kappa shape index (κ1) is 12.0. The number of hydrogen-bond donors (Lipinski definition) is 2. The second kappa shape index (κ2) is 5.72. The number of hydrogen-bond acceptors (Lipinski definition) is 4. The van der Waals surface area contributed by atoms with Crippen molar-refractivity contribution in [1.82, 2.24) is 5.48 Å². The average Bonchev–Trinajstić information content (AvgIpc) is 2.28. The summed E-state index contributed by atoms with van der Waals surface area (Å²) in [5.74, 6) is -0.464. The highest BCUT2D eigenvalue weighted by atomic mass is 16.7. The molecular weight excluding hydrogens is 212 g/mol. The maximum atomic E-state index is 11.4. The monoisotopic (exact) mass is 224 g/mol. The second-order valence-electron chi connectivity index (χ2n) is 2.91. The minimum atomic E-state index is -0.657. The van der Waals surface area contributed by atoms with Crippen LogP contribution < -0.4 is 16.0 Å². The molecule has 1 rings (SSSR count). The molecular formula is C10H12N2O4. The summed E-state index contributed by atoms with van der Waals surface area (Å²) >= 11 is 0. The summed E-state index contributed by atoms with van der Waals surface area (Å²) in [5, 5.41) is 0. The SMILES string of the molecule is COc1ccc(C(=O)NOCC(N)=O)cc1. The van der Waals surface area contributed by atoms with E-state index in [-0.39, 0.29) is 6.61 Å². The number of carbonyl (C=O) groups excluding carboxylic acids is 2. The number of nitrogens with one attached hydrogen (secondary N) is 1. The highest BCUT2D eigenvalue weighted by molar-refractivity contribution is 5.93. The quantitative estimate of drug-likeness (QED) is 0.680. The fraction of sp³-hybridized carbons (Fsp3) is 0.200. The van der Waals surface area contributed by atoms with Gasteiger partial charge < -0.3 is 10.5 Å². The Labute approximate surface area is 92.3 Å². The zero-order valence-corrected chi connectivity index (χ0v) is 8.73. The third-order valence-electron chi connectivity index (χ3n) is 1.73. The van der Waals surface area contributed by atoms with Crippen LogP contribution in [0, 0.1) is 0 Å². The maximum Gasteiger partial charge on any atom is 0.274 e. The number of nitrogens with two attached hydrogens (primary N) is 1. The topological polar surface area (TPSA) is 90.7 Å². The fourth-order valence-electron chi connectivity index (χ4n) is 0.974. The van der Waals surface area contributed by atoms with E-state index < -0.39 is 11.8 Å². The highest BCUT2D eigenvalue weighted by Gasteiger charge is 2.05. The van der Waals surface area contributed by atoms with Gasteiger partial charge in [0.1, 0.15) is 5.75 Å². The van der Waals surface area contributed by atoms with Gasteiger partial charge in [-0.2, -0.15) is 0 Å². The zero-order valence-electron chi connectivity index (χ0n) is 8.73. The molecule has 0 bridgehead atoms. The van der Waals surface area contributed by atoms with E-state index in [0.717, 1.165) is 0 Å². The van der Waals surface area contributed by atoms with Crippen LogP contribution in [0.4, 0.5) is 0 Å². The molecule has 0 spiro atoms. The Bertz CT molecular complexity index is 375. The number of benzene rings is 1. The number of rotatable bonds is 5. The summed E-state index contributed by atoms with van der Waals surface area (Å²) in [6, 6.07) is 6.43. The molecule has 0 aliphatic rings. The van der Waals surface area contributed by atoms with E-state index in [1.54, 1.807) is 24.3 Å². The van der Waals surface area contributed by atoms with E-state index in [1.807, 2.05) is 0 Å². The molecule has 86 valence electrons. The Kier molecular flexibility index (Phi) is 4.28. The molecule has 0 saturated carbocycles. The number of methoxy groups -OCH3 is 1. The van der Waals surface area contributed by atoms with E-state index in [4.69, 9.17) is 10.5 Å². The third kappa shape index (κ3) is 3.58. The second-order valence-corrected chi connectivity index (χ2v) is 2.91. The number of amides is 2. The number of primary amides is 1. The van der Waals surface area contributed by atoms with Crippen molar-refractivity contribution in [3.63, 3.8) is 0 Å². The van der Waals surface area contributed by atoms with Crippen LogP contribution in [0.5, 0.6) is 5.75 Å². The molecule has 16 heavy (non-hydrogen) atoms. The first-order valence-corrected chi connectivity index (χ1v) is 4.48. The van der Waals surface area contributed by atoms with Gasteiger partial charge in [0.25, 0.3) is 5.91 Å². The van der Waals surface area contributed by atoms with Crippen LogP contribution in [-0.2, 0) is 9.63 Å². The van der Waals surface area contributed by atoms with E-state index >= 15 is 0 Å². The molecule has 0 unspecified atom stereocenters. The largest absolute Gasteiger partial charge is 0.497 e. The predicted octanol–water partition coefficient (Wildman–Crippen LogP) is -0.158. The summed E-state index contributed by atoms with van der Waals surface area (Å²) < 4.78 is 4.94. The number of carbonyl (C=O) groups is 2. The molecule has 2 amide bonds. The molecule has 0 atom stereocenters. The standard InChI is InChI=1S/C10H12N2O4/c1-15-8-4-2-7(3-5-8)10(14)12-16-6-9(11)13/h2-5H,6H2,1H3,(H2,11,13)(H,12,14). The first-order valence-electron chi connectivity index (χ1n) is 4.48. The van der Waals surface area contributed by atoms with Crippen LogP contribution >= 0.6 is 0 Å². The van der Waals surface area contributed by atoms with Gasteiger partial charge in [-0.05, 0) is 24.3 Å². The summed E-state index contributed by atoms with van der Waals surface area (Å²) in [4.78, 5) is 26.3. The van der Waals surface area contributed by atoms with Crippen LogP contribution in [0.15, 0.2) is 24.3 Å². The summed E-state index contributed by atoms with van der Waals surface area (Å²) in [5.41, 5.74) is 7.30. The Morgan fingerprint density at radius 1 is 1.31 bits per heavy atom. The maximum absolute atomic E-state index is 11.4.